The molecular formula is C27H33F3N4O3. The summed E-state index contributed by atoms with van der Waals surface area (Å²) < 4.78 is 45.0. The van der Waals surface area contributed by atoms with Crippen molar-refractivity contribution >= 4 is 11.9 Å². The maximum Gasteiger partial charge on any atom is 0.416 e. The second-order valence-electron chi connectivity index (χ2n) is 9.64. The lowest BCUT2D eigenvalue weighted by Crippen LogP contribution is -2.49. The third kappa shape index (κ3) is 7.85. The third-order valence-corrected chi connectivity index (χ3v) is 6.82. The topological polar surface area (TPSA) is 73.9 Å². The molecule has 2 aromatic carbocycles. The number of ether oxygens (including phenoxy) is 1. The third-order valence-electron chi connectivity index (χ3n) is 6.82. The van der Waals surface area contributed by atoms with Gasteiger partial charge in [0, 0.05) is 51.7 Å². The fraction of sp³-hybridized carbons (Fsp3) is 0.481. The maximum absolute atomic E-state index is 13.1. The van der Waals surface area contributed by atoms with E-state index >= 15 is 0 Å². The summed E-state index contributed by atoms with van der Waals surface area (Å²) in [7, 11) is 0. The van der Waals surface area contributed by atoms with E-state index in [4.69, 9.17) is 4.74 Å². The zero-order valence-corrected chi connectivity index (χ0v) is 20.7. The van der Waals surface area contributed by atoms with Crippen molar-refractivity contribution in [3.05, 3.63) is 65.7 Å². The highest BCUT2D eigenvalue weighted by Crippen LogP contribution is 2.32. The number of halogens is 3. The van der Waals surface area contributed by atoms with Crippen LogP contribution in [0.4, 0.5) is 18.0 Å². The molecule has 2 fully saturated rings. The molecule has 200 valence electrons. The molecule has 0 radical (unpaired) electrons. The lowest BCUT2D eigenvalue weighted by atomic mass is 9.88. The van der Waals surface area contributed by atoms with Crippen molar-refractivity contribution in [3.8, 4) is 5.75 Å². The van der Waals surface area contributed by atoms with Crippen LogP contribution in [0.3, 0.4) is 0 Å². The summed E-state index contributed by atoms with van der Waals surface area (Å²) in [5.74, 6) is -0.194. The van der Waals surface area contributed by atoms with Crippen molar-refractivity contribution < 1.29 is 27.5 Å². The first kappa shape index (κ1) is 26.8. The summed E-state index contributed by atoms with van der Waals surface area (Å²) in [6.07, 6.45) is -3.02. The normalized spacial score (nSPS) is 20.5. The summed E-state index contributed by atoms with van der Waals surface area (Å²) in [5.41, 5.74) is 0.455. The van der Waals surface area contributed by atoms with Crippen molar-refractivity contribution in [1.82, 2.24) is 20.4 Å². The number of urea groups is 1. The summed E-state index contributed by atoms with van der Waals surface area (Å²) in [6.45, 7) is 4.34. The lowest BCUT2D eigenvalue weighted by molar-refractivity contribution is -0.137. The van der Waals surface area contributed by atoms with Crippen LogP contribution in [0.25, 0.3) is 0 Å². The Labute approximate surface area is 215 Å². The van der Waals surface area contributed by atoms with Crippen LogP contribution in [0.1, 0.15) is 17.5 Å². The molecule has 2 saturated heterocycles. The number of carbonyl (C=O) groups excluding carboxylic acids is 2. The molecule has 10 heteroatoms. The lowest BCUT2D eigenvalue weighted by Gasteiger charge is -2.37. The van der Waals surface area contributed by atoms with Gasteiger partial charge in [0.1, 0.15) is 5.75 Å². The molecule has 37 heavy (non-hydrogen) atoms. The molecule has 0 aromatic heterocycles. The van der Waals surface area contributed by atoms with E-state index in [1.807, 2.05) is 18.2 Å². The van der Waals surface area contributed by atoms with E-state index < -0.39 is 11.7 Å². The highest BCUT2D eigenvalue weighted by atomic mass is 19.4. The molecule has 2 aromatic rings. The van der Waals surface area contributed by atoms with Crippen LogP contribution < -0.4 is 15.4 Å². The molecule has 2 N–H and O–H groups in total. The van der Waals surface area contributed by atoms with Gasteiger partial charge in [-0.05, 0) is 36.6 Å². The average molecular weight is 519 g/mol. The van der Waals surface area contributed by atoms with Crippen molar-refractivity contribution in [2.45, 2.75) is 19.0 Å². The van der Waals surface area contributed by atoms with Crippen LogP contribution in [-0.4, -0.2) is 74.2 Å². The highest BCUT2D eigenvalue weighted by molar-refractivity contribution is 5.79. The maximum atomic E-state index is 13.1. The molecule has 2 aliphatic rings. The van der Waals surface area contributed by atoms with Gasteiger partial charge in [0.05, 0.1) is 18.1 Å². The van der Waals surface area contributed by atoms with Crippen molar-refractivity contribution in [3.63, 3.8) is 0 Å². The average Bonchev–Trinajstić information content (AvgIpc) is 3.31. The van der Waals surface area contributed by atoms with Crippen LogP contribution >= 0.6 is 0 Å². The molecule has 0 spiro atoms. The summed E-state index contributed by atoms with van der Waals surface area (Å²) in [4.78, 5) is 28.6. The number of rotatable bonds is 10. The molecule has 4 rings (SSSR count). The summed E-state index contributed by atoms with van der Waals surface area (Å²) in [5, 5.41) is 5.70. The molecule has 7 nitrogen and oxygen atoms in total. The Hall–Kier alpha value is -3.27. The Bertz CT molecular complexity index is 1050. The van der Waals surface area contributed by atoms with Crippen molar-refractivity contribution in [1.29, 1.82) is 0 Å². The molecule has 2 atom stereocenters. The largest absolute Gasteiger partial charge is 0.493 e. The zero-order valence-electron chi connectivity index (χ0n) is 20.7. The van der Waals surface area contributed by atoms with E-state index in [0.717, 1.165) is 25.1 Å². The van der Waals surface area contributed by atoms with Crippen molar-refractivity contribution in [2.75, 3.05) is 52.4 Å². The minimum Gasteiger partial charge on any atom is -0.493 e. The van der Waals surface area contributed by atoms with Gasteiger partial charge >= 0.3 is 12.2 Å². The van der Waals surface area contributed by atoms with Gasteiger partial charge in [-0.15, -0.1) is 0 Å². The molecule has 0 aliphatic carbocycles. The predicted octanol–water partition coefficient (Wildman–Crippen LogP) is 3.41. The second-order valence-corrected chi connectivity index (χ2v) is 9.64. The number of piperidine rings is 1. The Morgan fingerprint density at radius 3 is 2.62 bits per heavy atom. The van der Waals surface area contributed by atoms with Crippen molar-refractivity contribution in [2.24, 2.45) is 11.8 Å². The Morgan fingerprint density at radius 1 is 1.08 bits per heavy atom. The molecule has 0 saturated carbocycles. The SMILES string of the molecule is O=C(NCCN1CCNC1=O)[C@@H]1C[C@H](COc2cccc(C(F)(F)F)c2)CN(CCc2ccccc2)C1. The first-order valence-electron chi connectivity index (χ1n) is 12.6. The predicted molar refractivity (Wildman–Crippen MR) is 133 cm³/mol. The highest BCUT2D eigenvalue weighted by Gasteiger charge is 2.33. The quantitative estimate of drug-likeness (QED) is 0.506. The number of likely N-dealkylation sites (tertiary alicyclic amines) is 1. The number of benzene rings is 2. The minimum absolute atomic E-state index is 0.0147. The molecule has 0 bridgehead atoms. The van der Waals surface area contributed by atoms with E-state index in [1.54, 1.807) is 4.90 Å². The first-order chi connectivity index (χ1) is 17.8. The van der Waals surface area contributed by atoms with Crippen LogP contribution in [0, 0.1) is 11.8 Å². The number of amides is 3. The van der Waals surface area contributed by atoms with Crippen LogP contribution in [0.2, 0.25) is 0 Å². The van der Waals surface area contributed by atoms with E-state index in [9.17, 15) is 22.8 Å². The van der Waals surface area contributed by atoms with E-state index in [2.05, 4.69) is 27.7 Å². The van der Waals surface area contributed by atoms with E-state index in [0.29, 0.717) is 45.7 Å². The van der Waals surface area contributed by atoms with Gasteiger partial charge < -0.3 is 25.2 Å². The van der Waals surface area contributed by atoms with E-state index in [1.165, 1.54) is 17.7 Å². The standard InChI is InChI=1S/C27H33F3N4O3/c28-27(29,30)23-7-4-8-24(16-23)37-19-21-15-22(25(35)31-10-13-34-14-11-32-26(34)36)18-33(17-21)12-9-20-5-2-1-3-6-20/h1-8,16,21-22H,9-15,17-19H2,(H,31,35)(H,32,36)/t21-,22+/m0/s1. The molecular weight excluding hydrogens is 485 g/mol. The van der Waals surface area contributed by atoms with Crippen LogP contribution in [0.15, 0.2) is 54.6 Å². The van der Waals surface area contributed by atoms with E-state index in [-0.39, 0.29) is 36.1 Å². The number of nitrogens with zero attached hydrogens (tertiary/aromatic N) is 2. The zero-order chi connectivity index (χ0) is 26.3. The van der Waals surface area contributed by atoms with Gasteiger partial charge in [-0.1, -0.05) is 36.4 Å². The van der Waals surface area contributed by atoms with Gasteiger partial charge in [-0.3, -0.25) is 4.79 Å². The first-order valence-corrected chi connectivity index (χ1v) is 12.6. The number of hydrogen-bond donors (Lipinski definition) is 2. The molecule has 0 unspecified atom stereocenters. The smallest absolute Gasteiger partial charge is 0.416 e. The van der Waals surface area contributed by atoms with Crippen LogP contribution in [0.5, 0.6) is 5.75 Å². The Balaban J connectivity index is 1.35. The second kappa shape index (κ2) is 12.3. The van der Waals surface area contributed by atoms with Crippen LogP contribution in [-0.2, 0) is 17.4 Å². The molecule has 2 heterocycles. The summed E-state index contributed by atoms with van der Waals surface area (Å²) >= 11 is 0. The fourth-order valence-corrected chi connectivity index (χ4v) is 4.89. The number of nitrogens with one attached hydrogen (secondary N) is 2. The fourth-order valence-electron chi connectivity index (χ4n) is 4.89. The number of hydrogen-bond acceptors (Lipinski definition) is 4. The van der Waals surface area contributed by atoms with Gasteiger partial charge in [-0.25, -0.2) is 4.79 Å². The van der Waals surface area contributed by atoms with Gasteiger partial charge in [0.15, 0.2) is 0 Å². The van der Waals surface area contributed by atoms with Gasteiger partial charge in [0.2, 0.25) is 5.91 Å². The van der Waals surface area contributed by atoms with Gasteiger partial charge in [-0.2, -0.15) is 13.2 Å². The monoisotopic (exact) mass is 518 g/mol. The summed E-state index contributed by atoms with van der Waals surface area (Å²) in [6, 6.07) is 14.9. The molecule has 3 amide bonds. The Kier molecular flexibility index (Phi) is 8.91. The number of carbonyl (C=O) groups is 2. The minimum atomic E-state index is -4.43. The Morgan fingerprint density at radius 2 is 1.89 bits per heavy atom. The number of alkyl halides is 3. The van der Waals surface area contributed by atoms with Gasteiger partial charge in [0.25, 0.3) is 0 Å². The molecule has 2 aliphatic heterocycles.